The van der Waals surface area contributed by atoms with Gasteiger partial charge in [0, 0.05) is 12.0 Å². The third-order valence-electron chi connectivity index (χ3n) is 7.71. The second-order valence-corrected chi connectivity index (χ2v) is 10.0. The highest BCUT2D eigenvalue weighted by Gasteiger charge is 2.39. The second kappa shape index (κ2) is 9.09. The number of hydrogen-bond acceptors (Lipinski definition) is 3. The normalized spacial score (nSPS) is 20.6. The van der Waals surface area contributed by atoms with Crippen LogP contribution in [0.25, 0.3) is 16.7 Å². The highest BCUT2D eigenvalue weighted by molar-refractivity contribution is 6.32. The average Bonchev–Trinajstić information content (AvgIpc) is 3.20. The van der Waals surface area contributed by atoms with Gasteiger partial charge < -0.3 is 9.47 Å². The third kappa shape index (κ3) is 3.90. The summed E-state index contributed by atoms with van der Waals surface area (Å²) in [5.41, 5.74) is 7.29. The van der Waals surface area contributed by atoms with Crippen LogP contribution < -0.4 is 4.74 Å². The number of ether oxygens (including phenoxy) is 2. The molecule has 3 aromatic carbocycles. The smallest absolute Gasteiger partial charge is 0.410 e. The van der Waals surface area contributed by atoms with E-state index in [9.17, 15) is 4.79 Å². The topological polar surface area (TPSA) is 38.8 Å². The first-order chi connectivity index (χ1) is 17.1. The van der Waals surface area contributed by atoms with Crippen LogP contribution in [0, 0.1) is 0 Å². The number of fused-ring (bicyclic) bond motifs is 5. The first-order valence-corrected chi connectivity index (χ1v) is 12.7. The number of methoxy groups -OCH3 is 1. The van der Waals surface area contributed by atoms with Gasteiger partial charge in [-0.2, -0.15) is 0 Å². The molecular weight excluding hydrogens is 458 g/mol. The van der Waals surface area contributed by atoms with E-state index in [1.807, 2.05) is 17.0 Å². The predicted octanol–water partition coefficient (Wildman–Crippen LogP) is 7.31. The highest BCUT2D eigenvalue weighted by atomic mass is 35.5. The summed E-state index contributed by atoms with van der Waals surface area (Å²) in [4.78, 5) is 15.4. The van der Waals surface area contributed by atoms with Gasteiger partial charge in [-0.05, 0) is 71.2 Å². The molecule has 3 aliphatic rings. The van der Waals surface area contributed by atoms with Gasteiger partial charge in [0.1, 0.15) is 12.4 Å². The van der Waals surface area contributed by atoms with Crippen LogP contribution in [0.2, 0.25) is 5.02 Å². The van der Waals surface area contributed by atoms with Gasteiger partial charge in [-0.3, -0.25) is 4.90 Å². The van der Waals surface area contributed by atoms with Crippen molar-refractivity contribution in [1.29, 1.82) is 0 Å². The Bertz CT molecular complexity index is 1270. The zero-order valence-electron chi connectivity index (χ0n) is 19.7. The van der Waals surface area contributed by atoms with E-state index < -0.39 is 0 Å². The van der Waals surface area contributed by atoms with E-state index in [1.165, 1.54) is 27.8 Å². The molecule has 5 heteroatoms. The third-order valence-corrected chi connectivity index (χ3v) is 8.00. The van der Waals surface area contributed by atoms with Crippen molar-refractivity contribution in [3.05, 3.63) is 94.5 Å². The van der Waals surface area contributed by atoms with Gasteiger partial charge >= 0.3 is 6.09 Å². The second-order valence-electron chi connectivity index (χ2n) is 9.61. The fourth-order valence-electron chi connectivity index (χ4n) is 6.06. The van der Waals surface area contributed by atoms with E-state index in [1.54, 1.807) is 7.11 Å². The van der Waals surface area contributed by atoms with Crippen molar-refractivity contribution >= 4 is 23.3 Å². The summed E-state index contributed by atoms with van der Waals surface area (Å²) < 4.78 is 11.3. The van der Waals surface area contributed by atoms with Gasteiger partial charge in [-0.1, -0.05) is 72.3 Å². The van der Waals surface area contributed by atoms with Gasteiger partial charge in [0.15, 0.2) is 0 Å². The summed E-state index contributed by atoms with van der Waals surface area (Å²) in [6, 6.07) is 23.0. The van der Waals surface area contributed by atoms with Crippen molar-refractivity contribution in [3.63, 3.8) is 0 Å². The molecular formula is C30H28ClNO3. The number of hydrogen-bond donors (Lipinski definition) is 0. The lowest BCUT2D eigenvalue weighted by Crippen LogP contribution is -2.51. The largest absolute Gasteiger partial charge is 0.495 e. The quantitative estimate of drug-likeness (QED) is 0.389. The lowest BCUT2D eigenvalue weighted by Gasteiger charge is -2.44. The molecule has 3 aromatic rings. The Morgan fingerprint density at radius 3 is 2.37 bits per heavy atom. The van der Waals surface area contributed by atoms with Crippen molar-refractivity contribution in [2.45, 2.75) is 43.7 Å². The Morgan fingerprint density at radius 2 is 1.71 bits per heavy atom. The molecule has 0 radical (unpaired) electrons. The SMILES string of the molecule is COc1ccc(C2=CC3CCCC(C2)N3C(=O)OCC2c3ccccc3-c3ccccc32)cc1Cl. The van der Waals surface area contributed by atoms with Gasteiger partial charge in [0.2, 0.25) is 0 Å². The maximum absolute atomic E-state index is 13.4. The van der Waals surface area contributed by atoms with Gasteiger partial charge in [-0.15, -0.1) is 0 Å². The van der Waals surface area contributed by atoms with Crippen LogP contribution >= 0.6 is 11.6 Å². The van der Waals surface area contributed by atoms with Gasteiger partial charge in [0.05, 0.1) is 18.2 Å². The molecule has 0 saturated carbocycles. The van der Waals surface area contributed by atoms with Crippen molar-refractivity contribution in [2.24, 2.45) is 0 Å². The molecule has 4 nitrogen and oxygen atoms in total. The number of piperidine rings is 1. The molecule has 1 fully saturated rings. The maximum atomic E-state index is 13.4. The maximum Gasteiger partial charge on any atom is 0.410 e. The molecule has 0 spiro atoms. The van der Waals surface area contributed by atoms with Crippen molar-refractivity contribution in [1.82, 2.24) is 4.90 Å². The minimum Gasteiger partial charge on any atom is -0.495 e. The molecule has 1 saturated heterocycles. The number of halogens is 1. The van der Waals surface area contributed by atoms with Crippen LogP contribution in [0.5, 0.6) is 5.75 Å². The monoisotopic (exact) mass is 485 g/mol. The summed E-state index contributed by atoms with van der Waals surface area (Å²) in [7, 11) is 1.62. The molecule has 1 amide bonds. The Kier molecular flexibility index (Phi) is 5.77. The van der Waals surface area contributed by atoms with Crippen LogP contribution in [0.1, 0.15) is 48.3 Å². The summed E-state index contributed by atoms with van der Waals surface area (Å²) in [5.74, 6) is 0.746. The van der Waals surface area contributed by atoms with E-state index in [-0.39, 0.29) is 24.1 Å². The first-order valence-electron chi connectivity index (χ1n) is 12.3. The number of rotatable bonds is 4. The molecule has 6 rings (SSSR count). The van der Waals surface area contributed by atoms with E-state index in [4.69, 9.17) is 21.1 Å². The molecule has 2 heterocycles. The molecule has 178 valence electrons. The summed E-state index contributed by atoms with van der Waals surface area (Å²) in [6.45, 7) is 0.355. The molecule has 2 bridgehead atoms. The fourth-order valence-corrected chi connectivity index (χ4v) is 6.32. The minimum absolute atomic E-state index is 0.0500. The predicted molar refractivity (Wildman–Crippen MR) is 139 cm³/mol. The first kappa shape index (κ1) is 22.2. The van der Waals surface area contributed by atoms with Crippen molar-refractivity contribution in [2.75, 3.05) is 13.7 Å². The Labute approximate surface area is 211 Å². The van der Waals surface area contributed by atoms with Crippen LogP contribution in [0.3, 0.4) is 0 Å². The molecule has 0 aromatic heterocycles. The van der Waals surface area contributed by atoms with E-state index in [0.717, 1.165) is 31.2 Å². The van der Waals surface area contributed by atoms with E-state index in [0.29, 0.717) is 17.4 Å². The summed E-state index contributed by atoms with van der Waals surface area (Å²) >= 11 is 6.39. The standard InChI is InChI=1S/C30H28ClNO3/c1-34-29-14-13-19(17-28(29)31)20-15-21-7-6-8-22(16-20)32(21)30(33)35-18-27-25-11-4-2-9-23(25)24-10-3-5-12-26(24)27/h2-5,9-15,17,21-22,27H,6-8,16,18H2,1H3. The fraction of sp³-hybridized carbons (Fsp3) is 0.300. The van der Waals surface area contributed by atoms with Crippen LogP contribution in [-0.2, 0) is 4.74 Å². The van der Waals surface area contributed by atoms with Crippen LogP contribution in [0.15, 0.2) is 72.8 Å². The molecule has 2 aliphatic heterocycles. The summed E-state index contributed by atoms with van der Waals surface area (Å²) in [5, 5.41) is 0.607. The van der Waals surface area contributed by atoms with Gasteiger partial charge in [-0.25, -0.2) is 4.79 Å². The average molecular weight is 486 g/mol. The van der Waals surface area contributed by atoms with E-state index in [2.05, 4.69) is 60.7 Å². The molecule has 1 aliphatic carbocycles. The van der Waals surface area contributed by atoms with Crippen LogP contribution in [0.4, 0.5) is 4.79 Å². The Hall–Kier alpha value is -3.24. The number of nitrogens with zero attached hydrogens (tertiary/aromatic N) is 1. The van der Waals surface area contributed by atoms with Gasteiger partial charge in [0.25, 0.3) is 0 Å². The van der Waals surface area contributed by atoms with Crippen molar-refractivity contribution in [3.8, 4) is 16.9 Å². The number of amides is 1. The zero-order valence-corrected chi connectivity index (χ0v) is 20.5. The highest BCUT2D eigenvalue weighted by Crippen LogP contribution is 2.45. The lowest BCUT2D eigenvalue weighted by molar-refractivity contribution is 0.0539. The molecule has 2 unspecified atom stereocenters. The minimum atomic E-state index is -0.204. The summed E-state index contributed by atoms with van der Waals surface area (Å²) in [6.07, 6.45) is 5.90. The Balaban J connectivity index is 1.21. The van der Waals surface area contributed by atoms with E-state index >= 15 is 0 Å². The number of carbonyl (C=O) groups excluding carboxylic acids is 1. The van der Waals surface area contributed by atoms with Crippen molar-refractivity contribution < 1.29 is 14.3 Å². The number of benzene rings is 3. The zero-order chi connectivity index (χ0) is 23.9. The molecule has 2 atom stereocenters. The molecule has 0 N–H and O–H groups in total. The Morgan fingerprint density at radius 1 is 1.00 bits per heavy atom. The molecule has 35 heavy (non-hydrogen) atoms. The van der Waals surface area contributed by atoms with Crippen LogP contribution in [-0.4, -0.2) is 36.8 Å². The lowest BCUT2D eigenvalue weighted by atomic mass is 9.83. The number of carbonyl (C=O) groups is 1.